The molecule has 2 atom stereocenters. The third-order valence-electron chi connectivity index (χ3n) is 4.93. The molecule has 2 fully saturated rings. The monoisotopic (exact) mass is 331 g/mol. The average molecular weight is 331 g/mol. The number of carbonyl (C=O) groups excluding carboxylic acids is 2. The van der Waals surface area contributed by atoms with Gasteiger partial charge in [-0.15, -0.1) is 0 Å². The lowest BCUT2D eigenvalue weighted by atomic mass is 9.95. The molecule has 2 aliphatic rings. The van der Waals surface area contributed by atoms with Crippen molar-refractivity contribution in [2.24, 2.45) is 5.92 Å². The Balaban J connectivity index is 1.71. The number of anilines is 1. The van der Waals surface area contributed by atoms with Gasteiger partial charge in [0.15, 0.2) is 0 Å². The summed E-state index contributed by atoms with van der Waals surface area (Å²) in [5.41, 5.74) is 1.08. The van der Waals surface area contributed by atoms with Gasteiger partial charge in [-0.1, -0.05) is 12.1 Å². The summed E-state index contributed by atoms with van der Waals surface area (Å²) in [6.07, 6.45) is 5.54. The van der Waals surface area contributed by atoms with E-state index in [9.17, 15) is 9.59 Å². The zero-order chi connectivity index (χ0) is 17.1. The Hall–Kier alpha value is -1.88. The van der Waals surface area contributed by atoms with E-state index in [1.54, 1.807) is 37.3 Å². The SMILES string of the molecule is COC1CCCC(OC(=O)c2ccccc2N(C)C(=O)C2CC2)C1. The highest BCUT2D eigenvalue weighted by Gasteiger charge is 2.34. The van der Waals surface area contributed by atoms with Crippen LogP contribution in [-0.2, 0) is 14.3 Å². The first kappa shape index (κ1) is 17.0. The first-order valence-corrected chi connectivity index (χ1v) is 8.70. The molecule has 0 aliphatic heterocycles. The first-order chi connectivity index (χ1) is 11.6. The van der Waals surface area contributed by atoms with Crippen LogP contribution < -0.4 is 4.90 Å². The Kier molecular flexibility index (Phi) is 5.19. The summed E-state index contributed by atoms with van der Waals surface area (Å²) in [4.78, 5) is 26.5. The molecule has 1 aromatic rings. The number of nitrogens with zero attached hydrogens (tertiary/aromatic N) is 1. The van der Waals surface area contributed by atoms with Crippen LogP contribution in [0.1, 0.15) is 48.9 Å². The molecule has 1 amide bonds. The molecule has 2 aliphatic carbocycles. The average Bonchev–Trinajstić information content (AvgIpc) is 3.45. The minimum Gasteiger partial charge on any atom is -0.459 e. The third-order valence-corrected chi connectivity index (χ3v) is 4.93. The second kappa shape index (κ2) is 7.34. The van der Waals surface area contributed by atoms with Crippen LogP contribution in [0.3, 0.4) is 0 Å². The Labute approximate surface area is 142 Å². The zero-order valence-electron chi connectivity index (χ0n) is 14.4. The Morgan fingerprint density at radius 2 is 1.79 bits per heavy atom. The molecule has 0 bridgehead atoms. The van der Waals surface area contributed by atoms with Crippen LogP contribution in [0.2, 0.25) is 0 Å². The molecule has 24 heavy (non-hydrogen) atoms. The standard InChI is InChI=1S/C19H25NO4/c1-20(18(21)13-10-11-13)17-9-4-3-8-16(17)19(22)24-15-7-5-6-14(12-15)23-2/h3-4,8-9,13-15H,5-7,10-12H2,1-2H3. The summed E-state index contributed by atoms with van der Waals surface area (Å²) in [5, 5.41) is 0. The number of benzene rings is 1. The highest BCUT2D eigenvalue weighted by molar-refractivity contribution is 6.03. The van der Waals surface area contributed by atoms with Crippen LogP contribution in [0, 0.1) is 5.92 Å². The molecular formula is C19H25NO4. The molecule has 2 unspecified atom stereocenters. The van der Waals surface area contributed by atoms with E-state index in [0.29, 0.717) is 11.3 Å². The Bertz CT molecular complexity index is 611. The van der Waals surface area contributed by atoms with E-state index in [4.69, 9.17) is 9.47 Å². The summed E-state index contributed by atoms with van der Waals surface area (Å²) in [7, 11) is 3.43. The molecule has 1 aromatic carbocycles. The van der Waals surface area contributed by atoms with Crippen molar-refractivity contribution in [3.05, 3.63) is 29.8 Å². The summed E-state index contributed by atoms with van der Waals surface area (Å²) in [6, 6.07) is 7.17. The summed E-state index contributed by atoms with van der Waals surface area (Å²) in [5.74, 6) is -0.171. The number of amides is 1. The number of hydrogen-bond donors (Lipinski definition) is 0. The highest BCUT2D eigenvalue weighted by atomic mass is 16.5. The lowest BCUT2D eigenvalue weighted by Gasteiger charge is -2.28. The van der Waals surface area contributed by atoms with E-state index in [1.807, 2.05) is 6.07 Å². The van der Waals surface area contributed by atoms with Crippen LogP contribution in [-0.4, -0.2) is 38.2 Å². The fourth-order valence-corrected chi connectivity index (χ4v) is 3.30. The third kappa shape index (κ3) is 3.78. The maximum absolute atomic E-state index is 12.6. The van der Waals surface area contributed by atoms with Crippen molar-refractivity contribution in [3.63, 3.8) is 0 Å². The van der Waals surface area contributed by atoms with Crippen molar-refractivity contribution in [3.8, 4) is 0 Å². The number of hydrogen-bond acceptors (Lipinski definition) is 4. The molecule has 0 aromatic heterocycles. The number of esters is 1. The lowest BCUT2D eigenvalue weighted by Crippen LogP contribution is -2.31. The van der Waals surface area contributed by atoms with E-state index in [0.717, 1.165) is 38.5 Å². The Morgan fingerprint density at radius 1 is 1.08 bits per heavy atom. The van der Waals surface area contributed by atoms with Crippen molar-refractivity contribution < 1.29 is 19.1 Å². The number of methoxy groups -OCH3 is 1. The van der Waals surface area contributed by atoms with Crippen LogP contribution in [0.4, 0.5) is 5.69 Å². The quantitative estimate of drug-likeness (QED) is 0.778. The van der Waals surface area contributed by atoms with Crippen molar-refractivity contribution in [1.82, 2.24) is 0 Å². The normalized spacial score (nSPS) is 23.6. The smallest absolute Gasteiger partial charge is 0.340 e. The number of para-hydroxylation sites is 1. The van der Waals surface area contributed by atoms with Gasteiger partial charge in [-0.05, 0) is 44.2 Å². The molecule has 5 nitrogen and oxygen atoms in total. The fourth-order valence-electron chi connectivity index (χ4n) is 3.30. The summed E-state index contributed by atoms with van der Waals surface area (Å²) in [6.45, 7) is 0. The van der Waals surface area contributed by atoms with Gasteiger partial charge in [-0.2, -0.15) is 0 Å². The van der Waals surface area contributed by atoms with Gasteiger partial charge in [0.05, 0.1) is 17.4 Å². The fraction of sp³-hybridized carbons (Fsp3) is 0.579. The van der Waals surface area contributed by atoms with Crippen molar-refractivity contribution in [1.29, 1.82) is 0 Å². The predicted octanol–water partition coefficient (Wildman–Crippen LogP) is 3.17. The highest BCUT2D eigenvalue weighted by Crippen LogP contribution is 2.33. The number of ether oxygens (including phenoxy) is 2. The van der Waals surface area contributed by atoms with Gasteiger partial charge in [0, 0.05) is 26.5 Å². The van der Waals surface area contributed by atoms with Crippen molar-refractivity contribution in [2.75, 3.05) is 19.1 Å². The molecule has 130 valence electrons. The molecular weight excluding hydrogens is 306 g/mol. The van der Waals surface area contributed by atoms with Gasteiger partial charge in [0.1, 0.15) is 6.10 Å². The Morgan fingerprint density at radius 3 is 2.50 bits per heavy atom. The second-order valence-electron chi connectivity index (χ2n) is 6.74. The van der Waals surface area contributed by atoms with Crippen molar-refractivity contribution in [2.45, 2.75) is 50.7 Å². The van der Waals surface area contributed by atoms with Gasteiger partial charge in [0.25, 0.3) is 0 Å². The van der Waals surface area contributed by atoms with Gasteiger partial charge in [0.2, 0.25) is 5.91 Å². The van der Waals surface area contributed by atoms with E-state index in [2.05, 4.69) is 0 Å². The molecule has 0 N–H and O–H groups in total. The summed E-state index contributed by atoms with van der Waals surface area (Å²) >= 11 is 0. The number of rotatable bonds is 5. The second-order valence-corrected chi connectivity index (χ2v) is 6.74. The minimum absolute atomic E-state index is 0.0763. The molecule has 0 spiro atoms. The van der Waals surface area contributed by atoms with E-state index < -0.39 is 0 Å². The maximum atomic E-state index is 12.6. The molecule has 3 rings (SSSR count). The topological polar surface area (TPSA) is 55.8 Å². The zero-order valence-corrected chi connectivity index (χ0v) is 14.4. The lowest BCUT2D eigenvalue weighted by molar-refractivity contribution is -0.119. The van der Waals surface area contributed by atoms with E-state index in [1.165, 1.54) is 0 Å². The first-order valence-electron chi connectivity index (χ1n) is 8.70. The van der Waals surface area contributed by atoms with E-state index in [-0.39, 0.29) is 30.0 Å². The molecule has 0 saturated heterocycles. The molecule has 5 heteroatoms. The molecule has 0 heterocycles. The predicted molar refractivity (Wildman–Crippen MR) is 91.0 cm³/mol. The van der Waals surface area contributed by atoms with Gasteiger partial charge >= 0.3 is 5.97 Å². The molecule has 2 saturated carbocycles. The van der Waals surface area contributed by atoms with Crippen LogP contribution in [0.15, 0.2) is 24.3 Å². The minimum atomic E-state index is -0.359. The summed E-state index contributed by atoms with van der Waals surface area (Å²) < 4.78 is 11.1. The van der Waals surface area contributed by atoms with Gasteiger partial charge < -0.3 is 14.4 Å². The van der Waals surface area contributed by atoms with Crippen LogP contribution in [0.5, 0.6) is 0 Å². The van der Waals surface area contributed by atoms with E-state index >= 15 is 0 Å². The largest absolute Gasteiger partial charge is 0.459 e. The van der Waals surface area contributed by atoms with Crippen molar-refractivity contribution >= 4 is 17.6 Å². The maximum Gasteiger partial charge on any atom is 0.340 e. The molecule has 0 radical (unpaired) electrons. The van der Waals surface area contributed by atoms with Gasteiger partial charge in [-0.3, -0.25) is 4.79 Å². The van der Waals surface area contributed by atoms with Crippen LogP contribution in [0.25, 0.3) is 0 Å². The van der Waals surface area contributed by atoms with Gasteiger partial charge in [-0.25, -0.2) is 4.79 Å². The van der Waals surface area contributed by atoms with Crippen LogP contribution >= 0.6 is 0 Å². The number of carbonyl (C=O) groups is 2.